The zero-order valence-electron chi connectivity index (χ0n) is 24.0. The van der Waals surface area contributed by atoms with Crippen molar-refractivity contribution < 1.29 is 20.0 Å². The van der Waals surface area contributed by atoms with Crippen molar-refractivity contribution in [3.8, 4) is 0 Å². The highest BCUT2D eigenvalue weighted by molar-refractivity contribution is 4.56. The Morgan fingerprint density at radius 2 is 0.735 bits per heavy atom. The van der Waals surface area contributed by atoms with Crippen molar-refractivity contribution in [3.63, 3.8) is 0 Å². The second kappa shape index (κ2) is 25.9. The number of hydrogen-bond acceptors (Lipinski definition) is 2. The number of likely N-dealkylation sites (N-methyl/N-ethyl adjacent to an activating group) is 2. The molecule has 0 heterocycles. The van der Waals surface area contributed by atoms with Gasteiger partial charge in [-0.05, 0) is 38.5 Å². The van der Waals surface area contributed by atoms with Gasteiger partial charge in [0.15, 0.2) is 0 Å². The molecule has 0 aromatic carbocycles. The highest BCUT2D eigenvalue weighted by Crippen LogP contribution is 2.10. The van der Waals surface area contributed by atoms with Crippen LogP contribution in [0.3, 0.4) is 0 Å². The fraction of sp³-hybridized carbons (Fsp3) is 1.00. The van der Waals surface area contributed by atoms with E-state index in [-0.39, 0.29) is 12.2 Å². The average molecular weight is 487 g/mol. The quantitative estimate of drug-likeness (QED) is 0.128. The van der Waals surface area contributed by atoms with E-state index in [0.29, 0.717) is 0 Å². The fourth-order valence-electron chi connectivity index (χ4n) is 5.09. The Labute approximate surface area is 214 Å². The zero-order chi connectivity index (χ0) is 25.3. The van der Waals surface area contributed by atoms with Crippen molar-refractivity contribution in [2.24, 2.45) is 0 Å². The van der Waals surface area contributed by atoms with E-state index in [0.717, 1.165) is 25.9 Å². The SMILES string of the molecule is CCCCCCCCCC(O)C[NH+](C)CCCCCC[NH+](C)CC(O)CCCCCCCCC. The summed E-state index contributed by atoms with van der Waals surface area (Å²) in [5, 5.41) is 20.6. The molecule has 4 unspecified atom stereocenters. The van der Waals surface area contributed by atoms with Crippen LogP contribution in [0.2, 0.25) is 0 Å². The smallest absolute Gasteiger partial charge is 0.103 e. The lowest BCUT2D eigenvalue weighted by atomic mass is 10.1. The number of unbranched alkanes of at least 4 members (excludes halogenated alkanes) is 15. The summed E-state index contributed by atoms with van der Waals surface area (Å²) in [6.07, 6.45) is 25.3. The number of aliphatic hydroxyl groups is 2. The van der Waals surface area contributed by atoms with Gasteiger partial charge in [-0.15, -0.1) is 0 Å². The minimum atomic E-state index is -0.125. The molecule has 0 rings (SSSR count). The van der Waals surface area contributed by atoms with E-state index in [9.17, 15) is 10.2 Å². The largest absolute Gasteiger partial charge is 0.387 e. The van der Waals surface area contributed by atoms with Gasteiger partial charge in [0.2, 0.25) is 0 Å². The van der Waals surface area contributed by atoms with Gasteiger partial charge in [-0.3, -0.25) is 0 Å². The molecular weight excluding hydrogens is 420 g/mol. The molecule has 0 saturated carbocycles. The molecule has 0 bridgehead atoms. The van der Waals surface area contributed by atoms with Crippen molar-refractivity contribution in [2.75, 3.05) is 40.3 Å². The first-order valence-corrected chi connectivity index (χ1v) is 15.5. The number of hydrogen-bond donors (Lipinski definition) is 4. The number of quaternary nitrogens is 2. The van der Waals surface area contributed by atoms with Crippen LogP contribution in [0.15, 0.2) is 0 Å². The molecule has 0 saturated heterocycles. The van der Waals surface area contributed by atoms with Gasteiger partial charge in [-0.2, -0.15) is 0 Å². The molecule has 0 aromatic rings. The van der Waals surface area contributed by atoms with Crippen LogP contribution < -0.4 is 9.80 Å². The van der Waals surface area contributed by atoms with Crippen molar-refractivity contribution in [1.29, 1.82) is 0 Å². The molecule has 206 valence electrons. The summed E-state index contributed by atoms with van der Waals surface area (Å²) >= 11 is 0. The molecule has 0 aromatic heterocycles. The van der Waals surface area contributed by atoms with Crippen LogP contribution in [-0.2, 0) is 0 Å². The molecule has 0 amide bonds. The van der Waals surface area contributed by atoms with E-state index in [4.69, 9.17) is 0 Å². The second-order valence-electron chi connectivity index (χ2n) is 11.4. The monoisotopic (exact) mass is 487 g/mol. The van der Waals surface area contributed by atoms with E-state index < -0.39 is 0 Å². The fourth-order valence-corrected chi connectivity index (χ4v) is 5.09. The average Bonchev–Trinajstić information content (AvgIpc) is 2.80. The van der Waals surface area contributed by atoms with Crippen LogP contribution in [-0.4, -0.2) is 62.7 Å². The lowest BCUT2D eigenvalue weighted by Crippen LogP contribution is -3.10. The maximum absolute atomic E-state index is 10.3. The predicted octanol–water partition coefficient (Wildman–Crippen LogP) is 4.58. The topological polar surface area (TPSA) is 49.3 Å². The van der Waals surface area contributed by atoms with E-state index in [1.54, 1.807) is 0 Å². The lowest BCUT2D eigenvalue weighted by molar-refractivity contribution is -0.884. The summed E-state index contributed by atoms with van der Waals surface area (Å²) in [4.78, 5) is 2.96. The summed E-state index contributed by atoms with van der Waals surface area (Å²) < 4.78 is 0. The van der Waals surface area contributed by atoms with E-state index >= 15 is 0 Å². The summed E-state index contributed by atoms with van der Waals surface area (Å²) in [5.74, 6) is 0. The minimum Gasteiger partial charge on any atom is -0.387 e. The maximum Gasteiger partial charge on any atom is 0.103 e. The first-order chi connectivity index (χ1) is 16.5. The summed E-state index contributed by atoms with van der Waals surface area (Å²) in [5.41, 5.74) is 0. The van der Waals surface area contributed by atoms with Crippen LogP contribution in [0.4, 0.5) is 0 Å². The molecule has 0 fully saturated rings. The van der Waals surface area contributed by atoms with Gasteiger partial charge in [0.25, 0.3) is 0 Å². The van der Waals surface area contributed by atoms with Gasteiger partial charge >= 0.3 is 0 Å². The van der Waals surface area contributed by atoms with Crippen molar-refractivity contribution in [1.82, 2.24) is 0 Å². The molecule has 4 N–H and O–H groups in total. The summed E-state index contributed by atoms with van der Waals surface area (Å²) in [7, 11) is 4.47. The second-order valence-corrected chi connectivity index (χ2v) is 11.4. The van der Waals surface area contributed by atoms with Crippen molar-refractivity contribution in [2.45, 2.75) is 154 Å². The molecule has 4 nitrogen and oxygen atoms in total. The normalized spacial score (nSPS) is 15.4. The lowest BCUT2D eigenvalue weighted by Gasteiger charge is -2.19. The van der Waals surface area contributed by atoms with Crippen molar-refractivity contribution in [3.05, 3.63) is 0 Å². The highest BCUT2D eigenvalue weighted by Gasteiger charge is 2.12. The predicted molar refractivity (Wildman–Crippen MR) is 149 cm³/mol. The van der Waals surface area contributed by atoms with E-state index in [2.05, 4.69) is 27.9 Å². The molecule has 0 radical (unpaired) electrons. The summed E-state index contributed by atoms with van der Waals surface area (Å²) in [6.45, 7) is 8.68. The zero-order valence-corrected chi connectivity index (χ0v) is 24.0. The Kier molecular flexibility index (Phi) is 25.8. The Bertz CT molecular complexity index is 358. The number of nitrogens with one attached hydrogen (secondary N) is 2. The van der Waals surface area contributed by atoms with Crippen LogP contribution in [0.25, 0.3) is 0 Å². The van der Waals surface area contributed by atoms with Crippen molar-refractivity contribution >= 4 is 0 Å². The van der Waals surface area contributed by atoms with Gasteiger partial charge in [-0.1, -0.05) is 104 Å². The Morgan fingerprint density at radius 3 is 1.09 bits per heavy atom. The van der Waals surface area contributed by atoms with Gasteiger partial charge < -0.3 is 20.0 Å². The first kappa shape index (κ1) is 33.8. The highest BCUT2D eigenvalue weighted by atomic mass is 16.3. The Hall–Kier alpha value is -0.160. The standard InChI is InChI=1S/C30H64N2O2/c1-5-7-9-11-13-15-19-23-29(33)27-31(3)25-21-17-18-22-26-32(4)28-30(34)24-20-16-14-12-10-8-6-2/h29-30,33-34H,5-28H2,1-4H3/p+2. The van der Waals surface area contributed by atoms with E-state index in [1.165, 1.54) is 138 Å². The molecule has 0 aliphatic heterocycles. The minimum absolute atomic E-state index is 0.125. The molecule has 0 aliphatic carbocycles. The third-order valence-corrected chi connectivity index (χ3v) is 7.41. The molecule has 0 aliphatic rings. The Morgan fingerprint density at radius 1 is 0.441 bits per heavy atom. The third-order valence-electron chi connectivity index (χ3n) is 7.41. The first-order valence-electron chi connectivity index (χ1n) is 15.5. The third kappa shape index (κ3) is 24.9. The van der Waals surface area contributed by atoms with Crippen LogP contribution in [0.1, 0.15) is 142 Å². The maximum atomic E-state index is 10.3. The Balaban J connectivity index is 3.50. The van der Waals surface area contributed by atoms with Crippen LogP contribution in [0.5, 0.6) is 0 Å². The summed E-state index contributed by atoms with van der Waals surface area (Å²) in [6, 6.07) is 0. The molecule has 4 heteroatoms. The molecule has 34 heavy (non-hydrogen) atoms. The van der Waals surface area contributed by atoms with Gasteiger partial charge in [0.05, 0.1) is 27.2 Å². The van der Waals surface area contributed by atoms with Gasteiger partial charge in [0.1, 0.15) is 25.3 Å². The van der Waals surface area contributed by atoms with Gasteiger partial charge in [0, 0.05) is 0 Å². The van der Waals surface area contributed by atoms with Crippen LogP contribution >= 0.6 is 0 Å². The molecule has 0 spiro atoms. The van der Waals surface area contributed by atoms with Crippen LogP contribution in [0, 0.1) is 0 Å². The number of aliphatic hydroxyl groups excluding tert-OH is 2. The number of rotatable bonds is 27. The van der Waals surface area contributed by atoms with E-state index in [1.807, 2.05) is 0 Å². The molecular formula is C30H66N2O2+2. The van der Waals surface area contributed by atoms with Gasteiger partial charge in [-0.25, -0.2) is 0 Å². The molecule has 4 atom stereocenters.